The maximum absolute atomic E-state index is 11.7. The topological polar surface area (TPSA) is 137 Å². The van der Waals surface area contributed by atoms with Gasteiger partial charge in [0.15, 0.2) is 0 Å². The van der Waals surface area contributed by atoms with Gasteiger partial charge in [0.2, 0.25) is 0 Å². The molecular formula is C11H10N4O5. The monoisotopic (exact) mass is 278 g/mol. The van der Waals surface area contributed by atoms with Crippen molar-refractivity contribution in [2.75, 3.05) is 6.67 Å². The van der Waals surface area contributed by atoms with Gasteiger partial charge in [-0.25, -0.2) is 4.79 Å². The van der Waals surface area contributed by atoms with Crippen molar-refractivity contribution in [3.8, 4) is 0 Å². The van der Waals surface area contributed by atoms with Crippen molar-refractivity contribution in [1.29, 1.82) is 0 Å². The van der Waals surface area contributed by atoms with Crippen LogP contribution in [0.15, 0.2) is 24.3 Å². The number of non-ortho nitro benzene ring substituents is 1. The summed E-state index contributed by atoms with van der Waals surface area (Å²) in [6.45, 7) is -0.232. The Labute approximate surface area is 111 Å². The van der Waals surface area contributed by atoms with Crippen LogP contribution < -0.4 is 10.6 Å². The Morgan fingerprint density at radius 3 is 2.70 bits per heavy atom. The molecule has 0 fully saturated rings. The Morgan fingerprint density at radius 2 is 2.05 bits per heavy atom. The van der Waals surface area contributed by atoms with Crippen LogP contribution in [0.25, 0.3) is 10.9 Å². The average Bonchev–Trinajstić information content (AvgIpc) is 2.80. The van der Waals surface area contributed by atoms with Gasteiger partial charge in [0.1, 0.15) is 5.69 Å². The van der Waals surface area contributed by atoms with E-state index < -0.39 is 16.9 Å². The van der Waals surface area contributed by atoms with Crippen molar-refractivity contribution < 1.29 is 19.6 Å². The van der Waals surface area contributed by atoms with Crippen molar-refractivity contribution in [3.63, 3.8) is 0 Å². The summed E-state index contributed by atoms with van der Waals surface area (Å²) >= 11 is 0. The molecule has 0 bridgehead atoms. The van der Waals surface area contributed by atoms with Gasteiger partial charge >= 0.3 is 6.09 Å². The number of nitrogens with zero attached hydrogens (tertiary/aromatic N) is 1. The number of hydrogen-bond donors (Lipinski definition) is 4. The minimum Gasteiger partial charge on any atom is -0.465 e. The fraction of sp³-hybridized carbons (Fsp3) is 0.0909. The van der Waals surface area contributed by atoms with Gasteiger partial charge < -0.3 is 20.7 Å². The van der Waals surface area contributed by atoms with E-state index in [1.807, 2.05) is 5.32 Å². The summed E-state index contributed by atoms with van der Waals surface area (Å²) in [5, 5.41) is 24.0. The molecule has 104 valence electrons. The van der Waals surface area contributed by atoms with Crippen LogP contribution in [0.3, 0.4) is 0 Å². The molecule has 20 heavy (non-hydrogen) atoms. The number of nitro benzene ring substituents is 1. The van der Waals surface area contributed by atoms with E-state index in [0.29, 0.717) is 10.9 Å². The Balaban J connectivity index is 2.16. The number of carbonyl (C=O) groups excluding carboxylic acids is 1. The smallest absolute Gasteiger partial charge is 0.406 e. The Hall–Kier alpha value is -3.10. The second kappa shape index (κ2) is 5.26. The molecule has 2 aromatic rings. The summed E-state index contributed by atoms with van der Waals surface area (Å²) < 4.78 is 0. The van der Waals surface area contributed by atoms with E-state index in [9.17, 15) is 19.7 Å². The second-order valence-corrected chi connectivity index (χ2v) is 3.88. The van der Waals surface area contributed by atoms with Crippen LogP contribution in [0.4, 0.5) is 10.5 Å². The average molecular weight is 278 g/mol. The summed E-state index contributed by atoms with van der Waals surface area (Å²) in [5.41, 5.74) is 0.557. The number of aromatic nitrogens is 1. The highest BCUT2D eigenvalue weighted by molar-refractivity contribution is 5.98. The quantitative estimate of drug-likeness (QED) is 0.376. The van der Waals surface area contributed by atoms with Crippen LogP contribution in [0.2, 0.25) is 0 Å². The first-order chi connectivity index (χ1) is 9.47. The Kier molecular flexibility index (Phi) is 3.51. The van der Waals surface area contributed by atoms with Gasteiger partial charge in [0, 0.05) is 17.5 Å². The van der Waals surface area contributed by atoms with Crippen LogP contribution in [0, 0.1) is 10.1 Å². The molecule has 9 heteroatoms. The fourth-order valence-corrected chi connectivity index (χ4v) is 1.65. The van der Waals surface area contributed by atoms with Crippen molar-refractivity contribution >= 4 is 28.6 Å². The molecule has 0 aliphatic carbocycles. The molecule has 0 spiro atoms. The molecule has 0 aliphatic rings. The summed E-state index contributed by atoms with van der Waals surface area (Å²) in [6, 6.07) is 5.71. The van der Waals surface area contributed by atoms with Crippen LogP contribution in [-0.4, -0.2) is 33.7 Å². The van der Waals surface area contributed by atoms with Gasteiger partial charge in [0.05, 0.1) is 17.1 Å². The summed E-state index contributed by atoms with van der Waals surface area (Å²) in [5.74, 6) is -0.516. The van der Waals surface area contributed by atoms with Crippen molar-refractivity contribution in [2.45, 2.75) is 0 Å². The first kappa shape index (κ1) is 13.3. The van der Waals surface area contributed by atoms with Gasteiger partial charge in [-0.1, -0.05) is 0 Å². The number of H-pyrrole nitrogens is 1. The number of amides is 2. The molecule has 0 aliphatic heterocycles. The number of fused-ring (bicyclic) bond motifs is 1. The number of hydrogen-bond acceptors (Lipinski definition) is 4. The Morgan fingerprint density at radius 1 is 1.30 bits per heavy atom. The van der Waals surface area contributed by atoms with E-state index in [4.69, 9.17) is 5.11 Å². The molecule has 1 aromatic carbocycles. The molecule has 0 atom stereocenters. The molecule has 0 saturated heterocycles. The van der Waals surface area contributed by atoms with E-state index in [0.717, 1.165) is 0 Å². The highest BCUT2D eigenvalue weighted by atomic mass is 16.6. The minimum atomic E-state index is -1.25. The lowest BCUT2D eigenvalue weighted by molar-refractivity contribution is -0.384. The lowest BCUT2D eigenvalue weighted by Gasteiger charge is -2.02. The van der Waals surface area contributed by atoms with Gasteiger partial charge in [-0.15, -0.1) is 0 Å². The van der Waals surface area contributed by atoms with E-state index in [1.54, 1.807) is 0 Å². The maximum atomic E-state index is 11.7. The summed E-state index contributed by atoms with van der Waals surface area (Å²) in [6.07, 6.45) is -1.25. The second-order valence-electron chi connectivity index (χ2n) is 3.88. The van der Waals surface area contributed by atoms with E-state index in [2.05, 4.69) is 10.3 Å². The largest absolute Gasteiger partial charge is 0.465 e. The first-order valence-corrected chi connectivity index (χ1v) is 5.49. The third kappa shape index (κ3) is 2.83. The molecule has 0 unspecified atom stereocenters. The molecular weight excluding hydrogens is 268 g/mol. The molecule has 1 heterocycles. The normalized spacial score (nSPS) is 10.2. The van der Waals surface area contributed by atoms with Crippen LogP contribution in [0.5, 0.6) is 0 Å². The molecule has 9 nitrogen and oxygen atoms in total. The Bertz CT molecular complexity index is 693. The van der Waals surface area contributed by atoms with E-state index >= 15 is 0 Å². The third-order valence-electron chi connectivity index (χ3n) is 2.55. The number of carbonyl (C=O) groups is 2. The molecule has 2 rings (SSSR count). The number of nitrogens with one attached hydrogen (secondary N) is 3. The minimum absolute atomic E-state index is 0.0844. The van der Waals surface area contributed by atoms with Crippen molar-refractivity contribution in [2.24, 2.45) is 0 Å². The van der Waals surface area contributed by atoms with Crippen LogP contribution in [0.1, 0.15) is 10.5 Å². The van der Waals surface area contributed by atoms with Gasteiger partial charge in [0.25, 0.3) is 11.6 Å². The maximum Gasteiger partial charge on any atom is 0.406 e. The molecule has 2 amide bonds. The van der Waals surface area contributed by atoms with Crippen molar-refractivity contribution in [3.05, 3.63) is 40.1 Å². The highest BCUT2D eigenvalue weighted by Gasteiger charge is 2.12. The van der Waals surface area contributed by atoms with Gasteiger partial charge in [-0.2, -0.15) is 0 Å². The van der Waals surface area contributed by atoms with Crippen LogP contribution >= 0.6 is 0 Å². The number of benzene rings is 1. The molecule has 1 aromatic heterocycles. The fourth-order valence-electron chi connectivity index (χ4n) is 1.65. The van der Waals surface area contributed by atoms with E-state index in [-0.39, 0.29) is 18.1 Å². The lowest BCUT2D eigenvalue weighted by atomic mass is 10.2. The summed E-state index contributed by atoms with van der Waals surface area (Å²) in [7, 11) is 0. The highest BCUT2D eigenvalue weighted by Crippen LogP contribution is 2.21. The molecule has 0 radical (unpaired) electrons. The number of aromatic amines is 1. The summed E-state index contributed by atoms with van der Waals surface area (Å²) in [4.78, 5) is 34.8. The third-order valence-corrected chi connectivity index (χ3v) is 2.55. The zero-order valence-electron chi connectivity index (χ0n) is 10.0. The van der Waals surface area contributed by atoms with E-state index in [1.165, 1.54) is 24.3 Å². The number of carboxylic acid groups (broad SMARTS) is 1. The lowest BCUT2D eigenvalue weighted by Crippen LogP contribution is -2.36. The SMILES string of the molecule is O=C(O)NCNC(=O)c1cc2ccc([N+](=O)[O-])cc2[nH]1. The predicted molar refractivity (Wildman–Crippen MR) is 68.4 cm³/mol. The zero-order chi connectivity index (χ0) is 14.7. The number of nitro groups is 1. The predicted octanol–water partition coefficient (Wildman–Crippen LogP) is 1.03. The van der Waals surface area contributed by atoms with Crippen molar-refractivity contribution in [1.82, 2.24) is 15.6 Å². The number of rotatable bonds is 4. The standard InChI is InChI=1S/C11H10N4O5/c16-10(12-5-13-11(17)18)9-3-6-1-2-7(15(19)20)4-8(6)14-9/h1-4,13-14H,5H2,(H,12,16)(H,17,18). The first-order valence-electron chi connectivity index (χ1n) is 5.49. The molecule has 0 saturated carbocycles. The zero-order valence-corrected chi connectivity index (χ0v) is 10.0. The van der Waals surface area contributed by atoms with Gasteiger partial charge in [-0.05, 0) is 12.1 Å². The molecule has 4 N–H and O–H groups in total. The van der Waals surface area contributed by atoms with Crippen LogP contribution in [-0.2, 0) is 0 Å². The van der Waals surface area contributed by atoms with Gasteiger partial charge in [-0.3, -0.25) is 14.9 Å².